The maximum absolute atomic E-state index is 5.92. The number of imidazole rings is 1. The Balaban J connectivity index is 2.12. The molecule has 0 saturated heterocycles. The predicted molar refractivity (Wildman–Crippen MR) is 78.7 cm³/mol. The van der Waals surface area contributed by atoms with Gasteiger partial charge in [-0.1, -0.05) is 0 Å². The van der Waals surface area contributed by atoms with Crippen molar-refractivity contribution < 1.29 is 4.74 Å². The van der Waals surface area contributed by atoms with E-state index < -0.39 is 0 Å². The lowest BCUT2D eigenvalue weighted by Gasteiger charge is -2.14. The van der Waals surface area contributed by atoms with Gasteiger partial charge >= 0.3 is 0 Å². The van der Waals surface area contributed by atoms with Crippen molar-refractivity contribution in [1.29, 1.82) is 0 Å². The molecule has 0 aromatic carbocycles. The first-order valence-corrected chi connectivity index (χ1v) is 6.86. The standard InChI is InChI=1S/C15H22N4O/c1-11(2)19-10-17-7-13(19)9-20-15-6-5-12(3)18-14(15)8-16-4/h5-7,10-11,16H,8-9H2,1-4H3. The van der Waals surface area contributed by atoms with E-state index in [9.17, 15) is 0 Å². The smallest absolute Gasteiger partial charge is 0.142 e. The average molecular weight is 274 g/mol. The second kappa shape index (κ2) is 6.52. The monoisotopic (exact) mass is 274 g/mol. The van der Waals surface area contributed by atoms with E-state index >= 15 is 0 Å². The van der Waals surface area contributed by atoms with E-state index in [1.54, 1.807) is 0 Å². The van der Waals surface area contributed by atoms with Gasteiger partial charge in [0.15, 0.2) is 0 Å². The number of pyridine rings is 1. The Bertz CT molecular complexity index is 563. The van der Waals surface area contributed by atoms with Gasteiger partial charge in [-0.05, 0) is 40.0 Å². The van der Waals surface area contributed by atoms with Crippen molar-refractivity contribution in [2.24, 2.45) is 0 Å². The molecule has 108 valence electrons. The minimum Gasteiger partial charge on any atom is -0.485 e. The quantitative estimate of drug-likeness (QED) is 0.879. The van der Waals surface area contributed by atoms with Crippen LogP contribution >= 0.6 is 0 Å². The molecule has 0 bridgehead atoms. The summed E-state index contributed by atoms with van der Waals surface area (Å²) in [6.07, 6.45) is 3.69. The zero-order valence-electron chi connectivity index (χ0n) is 12.6. The van der Waals surface area contributed by atoms with E-state index in [4.69, 9.17) is 4.74 Å². The summed E-state index contributed by atoms with van der Waals surface area (Å²) in [7, 11) is 1.90. The number of nitrogens with zero attached hydrogens (tertiary/aromatic N) is 3. The highest BCUT2D eigenvalue weighted by Crippen LogP contribution is 2.19. The zero-order chi connectivity index (χ0) is 14.5. The Morgan fingerprint density at radius 1 is 1.35 bits per heavy atom. The third-order valence-corrected chi connectivity index (χ3v) is 3.09. The lowest BCUT2D eigenvalue weighted by atomic mass is 10.3. The minimum absolute atomic E-state index is 0.379. The van der Waals surface area contributed by atoms with Gasteiger partial charge in [-0.2, -0.15) is 0 Å². The second-order valence-electron chi connectivity index (χ2n) is 5.10. The fourth-order valence-electron chi connectivity index (χ4n) is 2.08. The Labute approximate surface area is 120 Å². The van der Waals surface area contributed by atoms with Gasteiger partial charge in [0.1, 0.15) is 12.4 Å². The van der Waals surface area contributed by atoms with Gasteiger partial charge in [0.25, 0.3) is 0 Å². The summed E-state index contributed by atoms with van der Waals surface area (Å²) in [5, 5.41) is 3.11. The summed E-state index contributed by atoms with van der Waals surface area (Å²) in [5.74, 6) is 0.821. The number of nitrogens with one attached hydrogen (secondary N) is 1. The molecule has 2 aromatic heterocycles. The van der Waals surface area contributed by atoms with Crippen LogP contribution in [-0.2, 0) is 13.2 Å². The topological polar surface area (TPSA) is 52.0 Å². The molecule has 0 radical (unpaired) electrons. The molecule has 5 nitrogen and oxygen atoms in total. The first-order chi connectivity index (χ1) is 9.61. The predicted octanol–water partition coefficient (Wildman–Crippen LogP) is 2.47. The minimum atomic E-state index is 0.379. The number of aromatic nitrogens is 3. The number of hydrogen-bond donors (Lipinski definition) is 1. The van der Waals surface area contributed by atoms with Crippen LogP contribution in [0.2, 0.25) is 0 Å². The first-order valence-electron chi connectivity index (χ1n) is 6.86. The van der Waals surface area contributed by atoms with Crippen molar-refractivity contribution in [2.75, 3.05) is 7.05 Å². The molecular weight excluding hydrogens is 252 g/mol. The van der Waals surface area contributed by atoms with Crippen LogP contribution in [-0.4, -0.2) is 21.6 Å². The van der Waals surface area contributed by atoms with Gasteiger partial charge in [-0.15, -0.1) is 0 Å². The van der Waals surface area contributed by atoms with E-state index in [-0.39, 0.29) is 0 Å². The fourth-order valence-corrected chi connectivity index (χ4v) is 2.08. The van der Waals surface area contributed by atoms with Crippen molar-refractivity contribution in [3.05, 3.63) is 41.7 Å². The van der Waals surface area contributed by atoms with Gasteiger partial charge in [0.05, 0.1) is 23.9 Å². The molecule has 20 heavy (non-hydrogen) atoms. The highest BCUT2D eigenvalue weighted by molar-refractivity contribution is 5.29. The Kier molecular flexibility index (Phi) is 4.74. The van der Waals surface area contributed by atoms with Gasteiger partial charge < -0.3 is 14.6 Å². The van der Waals surface area contributed by atoms with Crippen LogP contribution < -0.4 is 10.1 Å². The van der Waals surface area contributed by atoms with Crippen LogP contribution in [0.3, 0.4) is 0 Å². The van der Waals surface area contributed by atoms with Gasteiger partial charge in [0.2, 0.25) is 0 Å². The van der Waals surface area contributed by atoms with Crippen molar-refractivity contribution in [2.45, 2.75) is 40.0 Å². The average Bonchev–Trinajstić information content (AvgIpc) is 2.87. The van der Waals surface area contributed by atoms with Crippen molar-refractivity contribution >= 4 is 0 Å². The van der Waals surface area contributed by atoms with Gasteiger partial charge in [0, 0.05) is 18.3 Å². The van der Waals surface area contributed by atoms with Crippen LogP contribution in [0.4, 0.5) is 0 Å². The van der Waals surface area contributed by atoms with Gasteiger partial charge in [-0.25, -0.2) is 4.98 Å². The molecular formula is C15H22N4O. The van der Waals surface area contributed by atoms with E-state index in [0.29, 0.717) is 19.2 Å². The molecule has 0 aliphatic carbocycles. The van der Waals surface area contributed by atoms with Crippen LogP contribution in [0.5, 0.6) is 5.75 Å². The van der Waals surface area contributed by atoms with E-state index in [2.05, 4.69) is 33.7 Å². The van der Waals surface area contributed by atoms with Crippen molar-refractivity contribution in [3.63, 3.8) is 0 Å². The molecule has 0 saturated carbocycles. The fraction of sp³-hybridized carbons (Fsp3) is 0.467. The second-order valence-corrected chi connectivity index (χ2v) is 5.10. The van der Waals surface area contributed by atoms with E-state index in [1.165, 1.54) is 0 Å². The normalized spacial score (nSPS) is 11.1. The molecule has 0 aliphatic rings. The summed E-state index contributed by atoms with van der Waals surface area (Å²) in [6, 6.07) is 4.32. The molecule has 2 rings (SSSR count). The summed E-state index contributed by atoms with van der Waals surface area (Å²) in [4.78, 5) is 8.69. The SMILES string of the molecule is CNCc1nc(C)ccc1OCc1cncn1C(C)C. The molecule has 0 spiro atoms. The van der Waals surface area contributed by atoms with E-state index in [1.807, 2.05) is 38.6 Å². The maximum Gasteiger partial charge on any atom is 0.142 e. The molecule has 0 unspecified atom stereocenters. The molecule has 0 fully saturated rings. The van der Waals surface area contributed by atoms with Crippen molar-refractivity contribution in [1.82, 2.24) is 19.9 Å². The van der Waals surface area contributed by atoms with Crippen LogP contribution in [0.15, 0.2) is 24.7 Å². The van der Waals surface area contributed by atoms with Crippen molar-refractivity contribution in [3.8, 4) is 5.75 Å². The third kappa shape index (κ3) is 3.36. The Hall–Kier alpha value is -1.88. The molecule has 2 heterocycles. The van der Waals surface area contributed by atoms with Crippen LogP contribution in [0, 0.1) is 6.92 Å². The lowest BCUT2D eigenvalue weighted by Crippen LogP contribution is -2.11. The molecule has 2 aromatic rings. The highest BCUT2D eigenvalue weighted by Gasteiger charge is 2.09. The number of hydrogen-bond acceptors (Lipinski definition) is 4. The largest absolute Gasteiger partial charge is 0.485 e. The summed E-state index contributed by atoms with van der Waals surface area (Å²) >= 11 is 0. The molecule has 0 amide bonds. The lowest BCUT2D eigenvalue weighted by molar-refractivity contribution is 0.287. The Morgan fingerprint density at radius 2 is 2.15 bits per heavy atom. The Morgan fingerprint density at radius 3 is 2.85 bits per heavy atom. The summed E-state index contributed by atoms with van der Waals surface area (Å²) < 4.78 is 8.03. The number of rotatable bonds is 6. The first kappa shape index (κ1) is 14.5. The molecule has 5 heteroatoms. The number of ether oxygens (including phenoxy) is 1. The zero-order valence-corrected chi connectivity index (χ0v) is 12.6. The van der Waals surface area contributed by atoms with Crippen LogP contribution in [0.1, 0.15) is 37.0 Å². The molecule has 0 aliphatic heterocycles. The highest BCUT2D eigenvalue weighted by atomic mass is 16.5. The summed E-state index contributed by atoms with van der Waals surface area (Å²) in [6.45, 7) is 7.44. The summed E-state index contributed by atoms with van der Waals surface area (Å²) in [5.41, 5.74) is 2.99. The number of aryl methyl sites for hydroxylation is 1. The molecule has 0 atom stereocenters. The maximum atomic E-state index is 5.92. The van der Waals surface area contributed by atoms with Gasteiger partial charge in [-0.3, -0.25) is 4.98 Å². The van der Waals surface area contributed by atoms with Crippen LogP contribution in [0.25, 0.3) is 0 Å². The van der Waals surface area contributed by atoms with E-state index in [0.717, 1.165) is 22.8 Å². The third-order valence-electron chi connectivity index (χ3n) is 3.09. The molecule has 1 N–H and O–H groups in total.